The molecule has 1 aliphatic heterocycles. The molecule has 0 aliphatic carbocycles. The third kappa shape index (κ3) is 20.2. The fourth-order valence-corrected chi connectivity index (χ4v) is 3.86. The zero-order chi connectivity index (χ0) is 28.9. The lowest BCUT2D eigenvalue weighted by Gasteiger charge is -2.32. The van der Waals surface area contributed by atoms with E-state index in [-0.39, 0.29) is 44.5 Å². The number of nitrogens with two attached hydrogens (primary N) is 2. The van der Waals surface area contributed by atoms with E-state index in [9.17, 15) is 34.5 Å². The number of carbonyl (C=O) groups excluding carboxylic acids is 2. The van der Waals surface area contributed by atoms with E-state index in [1.165, 1.54) is 0 Å². The first kappa shape index (κ1) is 35.2. The highest BCUT2D eigenvalue weighted by atomic mass is 16.4. The number of amides is 2. The molecule has 220 valence electrons. The number of hydrogen-bond donors (Lipinski definition) is 6. The number of rotatable bonds is 13. The van der Waals surface area contributed by atoms with Gasteiger partial charge in [-0.05, 0) is 19.8 Å². The largest absolute Gasteiger partial charge is 0.480 e. The van der Waals surface area contributed by atoms with Crippen molar-refractivity contribution < 1.29 is 39.3 Å². The Kier molecular flexibility index (Phi) is 19.5. The number of primary amides is 1. The molecule has 15 heteroatoms. The second kappa shape index (κ2) is 21.1. The molecule has 15 nitrogen and oxygen atoms in total. The highest BCUT2D eigenvalue weighted by Gasteiger charge is 2.21. The van der Waals surface area contributed by atoms with Gasteiger partial charge >= 0.3 is 17.9 Å². The first-order valence-corrected chi connectivity index (χ1v) is 12.7. The molecule has 0 aromatic carbocycles. The second-order valence-electron chi connectivity index (χ2n) is 9.24. The summed E-state index contributed by atoms with van der Waals surface area (Å²) in [6, 6.07) is 0.131. The van der Waals surface area contributed by atoms with E-state index in [4.69, 9.17) is 10.5 Å². The Balaban J connectivity index is 0.00000434. The maximum atomic E-state index is 12.5. The summed E-state index contributed by atoms with van der Waals surface area (Å²) in [5.74, 6) is -3.10. The molecule has 0 aromatic rings. The quantitative estimate of drug-likeness (QED) is 0.101. The van der Waals surface area contributed by atoms with Crippen molar-refractivity contribution in [1.29, 1.82) is 0 Å². The second-order valence-corrected chi connectivity index (χ2v) is 9.24. The number of carboxylic acid groups (broad SMARTS) is 3. The van der Waals surface area contributed by atoms with Crippen LogP contribution < -0.4 is 16.8 Å². The van der Waals surface area contributed by atoms with Crippen LogP contribution in [0.3, 0.4) is 0 Å². The van der Waals surface area contributed by atoms with Crippen LogP contribution >= 0.6 is 0 Å². The predicted molar refractivity (Wildman–Crippen MR) is 139 cm³/mol. The fraction of sp³-hybridized carbons (Fsp3) is 0.783. The average molecular weight is 548 g/mol. The van der Waals surface area contributed by atoms with Gasteiger partial charge in [0.25, 0.3) is 0 Å². The zero-order valence-electron chi connectivity index (χ0n) is 22.3. The Morgan fingerprint density at radius 2 is 1.05 bits per heavy atom. The molecule has 1 rings (SSSR count). The highest BCUT2D eigenvalue weighted by molar-refractivity contribution is 5.78. The van der Waals surface area contributed by atoms with Gasteiger partial charge < -0.3 is 32.1 Å². The van der Waals surface area contributed by atoms with Crippen LogP contribution in [-0.2, 0) is 24.0 Å². The van der Waals surface area contributed by atoms with E-state index in [1.807, 2.05) is 11.8 Å². The lowest BCUT2D eigenvalue weighted by atomic mass is 10.1. The molecular formula is C23H45N7O8. The van der Waals surface area contributed by atoms with Crippen LogP contribution in [0.4, 0.5) is 0 Å². The van der Waals surface area contributed by atoms with Crippen LogP contribution in [-0.4, -0.2) is 156 Å². The van der Waals surface area contributed by atoms with Gasteiger partial charge in [-0.2, -0.15) is 0 Å². The maximum absolute atomic E-state index is 12.5. The third-order valence-corrected chi connectivity index (χ3v) is 5.78. The number of unbranched alkanes of at least 4 members (excludes halogenated alkanes) is 1. The van der Waals surface area contributed by atoms with Gasteiger partial charge in [-0.3, -0.25) is 43.6 Å². The van der Waals surface area contributed by atoms with Crippen LogP contribution in [0.2, 0.25) is 0 Å². The summed E-state index contributed by atoms with van der Waals surface area (Å²) in [7, 11) is 0. The van der Waals surface area contributed by atoms with Crippen molar-refractivity contribution >= 4 is 30.2 Å². The molecule has 0 aromatic heterocycles. The maximum Gasteiger partial charge on any atom is 0.317 e. The Bertz CT molecular complexity index is 694. The van der Waals surface area contributed by atoms with Gasteiger partial charge in [0, 0.05) is 64.9 Å². The normalized spacial score (nSPS) is 17.6. The van der Waals surface area contributed by atoms with E-state index < -0.39 is 17.9 Å². The van der Waals surface area contributed by atoms with Crippen LogP contribution in [0.25, 0.3) is 0 Å². The SMILES string of the molecule is CC(N)CCCCNC(=O)CN1CCN(CC(=O)O)CCN(CC(=O)O)CCN(CC(=O)O)CC1.NC=O. The summed E-state index contributed by atoms with van der Waals surface area (Å²) in [5.41, 5.74) is 9.90. The molecule has 0 saturated carbocycles. The van der Waals surface area contributed by atoms with Crippen molar-refractivity contribution in [3.05, 3.63) is 0 Å². The third-order valence-electron chi connectivity index (χ3n) is 5.78. The summed E-state index contributed by atoms with van der Waals surface area (Å²) in [6.45, 7) is 5.00. The van der Waals surface area contributed by atoms with E-state index in [0.717, 1.165) is 19.3 Å². The minimum Gasteiger partial charge on any atom is -0.480 e. The van der Waals surface area contributed by atoms with Gasteiger partial charge in [-0.1, -0.05) is 6.42 Å². The fourth-order valence-electron chi connectivity index (χ4n) is 3.86. The van der Waals surface area contributed by atoms with E-state index in [2.05, 4.69) is 11.1 Å². The molecule has 38 heavy (non-hydrogen) atoms. The number of carbonyl (C=O) groups is 5. The first-order chi connectivity index (χ1) is 18.0. The van der Waals surface area contributed by atoms with Crippen LogP contribution in [0.15, 0.2) is 0 Å². The van der Waals surface area contributed by atoms with Crippen LogP contribution in [0.1, 0.15) is 26.2 Å². The Morgan fingerprint density at radius 3 is 1.34 bits per heavy atom. The number of hydrogen-bond acceptors (Lipinski definition) is 10. The van der Waals surface area contributed by atoms with Crippen molar-refractivity contribution in [2.24, 2.45) is 11.5 Å². The van der Waals surface area contributed by atoms with Crippen molar-refractivity contribution in [3.8, 4) is 0 Å². The number of nitrogens with zero attached hydrogens (tertiary/aromatic N) is 4. The summed E-state index contributed by atoms with van der Waals surface area (Å²) >= 11 is 0. The van der Waals surface area contributed by atoms with Gasteiger partial charge in [0.2, 0.25) is 12.3 Å². The smallest absolute Gasteiger partial charge is 0.317 e. The Morgan fingerprint density at radius 1 is 0.737 bits per heavy atom. The summed E-state index contributed by atoms with van der Waals surface area (Å²) in [4.78, 5) is 62.0. The molecule has 8 N–H and O–H groups in total. The van der Waals surface area contributed by atoms with E-state index in [0.29, 0.717) is 58.9 Å². The lowest BCUT2D eigenvalue weighted by Crippen LogP contribution is -2.49. The minimum absolute atomic E-state index is 0.125. The molecule has 1 heterocycles. The molecule has 1 unspecified atom stereocenters. The topological polar surface area (TPSA) is 223 Å². The summed E-state index contributed by atoms with van der Waals surface area (Å²) in [5, 5.41) is 30.7. The van der Waals surface area contributed by atoms with Crippen LogP contribution in [0.5, 0.6) is 0 Å². The molecule has 1 aliphatic rings. The van der Waals surface area contributed by atoms with Crippen molar-refractivity contribution in [2.75, 3.05) is 85.1 Å². The lowest BCUT2D eigenvalue weighted by molar-refractivity contribution is -0.140. The summed E-state index contributed by atoms with van der Waals surface area (Å²) in [6.07, 6.45) is 2.90. The Labute approximate surface area is 223 Å². The minimum atomic E-state index is -0.999. The molecule has 1 atom stereocenters. The zero-order valence-corrected chi connectivity index (χ0v) is 22.3. The van der Waals surface area contributed by atoms with Gasteiger partial charge in [-0.25, -0.2) is 0 Å². The monoisotopic (exact) mass is 547 g/mol. The van der Waals surface area contributed by atoms with Crippen molar-refractivity contribution in [3.63, 3.8) is 0 Å². The van der Waals surface area contributed by atoms with E-state index in [1.54, 1.807) is 14.7 Å². The number of aliphatic carboxylic acids is 3. The van der Waals surface area contributed by atoms with Gasteiger partial charge in [-0.15, -0.1) is 0 Å². The van der Waals surface area contributed by atoms with Crippen molar-refractivity contribution in [2.45, 2.75) is 32.2 Å². The van der Waals surface area contributed by atoms with Crippen LogP contribution in [0, 0.1) is 0 Å². The van der Waals surface area contributed by atoms with Gasteiger partial charge in [0.1, 0.15) is 0 Å². The molecule has 0 spiro atoms. The molecule has 1 saturated heterocycles. The molecule has 1 fully saturated rings. The Hall–Kier alpha value is -2.85. The van der Waals surface area contributed by atoms with E-state index >= 15 is 0 Å². The number of carboxylic acids is 3. The summed E-state index contributed by atoms with van der Waals surface area (Å²) < 4.78 is 0. The predicted octanol–water partition coefficient (Wildman–Crippen LogP) is -2.80. The molecular weight excluding hydrogens is 502 g/mol. The molecule has 2 amide bonds. The van der Waals surface area contributed by atoms with Gasteiger partial charge in [0.15, 0.2) is 0 Å². The number of nitrogens with one attached hydrogen (secondary N) is 1. The standard InChI is InChI=1S/C22H42N6O7.CH3NO/c1-18(23)4-2-3-5-24-19(29)14-25-6-8-26(15-20(30)31)10-12-28(17-22(34)35)13-11-27(9-7-25)16-21(32)33;2-1-3/h18H,2-17,23H2,1H3,(H,24,29)(H,30,31)(H,32,33)(H,34,35);1H,(H2,2,3). The van der Waals surface area contributed by atoms with Crippen molar-refractivity contribution in [1.82, 2.24) is 24.9 Å². The molecule has 0 bridgehead atoms. The molecule has 0 radical (unpaired) electrons. The van der Waals surface area contributed by atoms with Gasteiger partial charge in [0.05, 0.1) is 26.2 Å². The average Bonchev–Trinajstić information content (AvgIpc) is 2.80. The highest BCUT2D eigenvalue weighted by Crippen LogP contribution is 2.02. The first-order valence-electron chi connectivity index (χ1n) is 12.7.